The van der Waals surface area contributed by atoms with Crippen LogP contribution in [-0.4, -0.2) is 25.2 Å². The molecule has 0 aromatic heterocycles. The maximum atomic E-state index is 13.4. The minimum Gasteiger partial charge on any atom is -0.326 e. The van der Waals surface area contributed by atoms with Crippen molar-refractivity contribution in [2.24, 2.45) is 0 Å². The number of thiocarbonyl (C=S) groups is 1. The van der Waals surface area contributed by atoms with Gasteiger partial charge in [0.15, 0.2) is 4.32 Å². The van der Waals surface area contributed by atoms with E-state index in [2.05, 4.69) is 5.32 Å². The molecule has 2 amide bonds. The van der Waals surface area contributed by atoms with Crippen LogP contribution in [0.4, 0.5) is 5.69 Å². The summed E-state index contributed by atoms with van der Waals surface area (Å²) in [5, 5.41) is 2.72. The van der Waals surface area contributed by atoms with Gasteiger partial charge in [-0.3, -0.25) is 18.7 Å². The lowest BCUT2D eigenvalue weighted by atomic mass is 10.2. The zero-order valence-electron chi connectivity index (χ0n) is 18.8. The van der Waals surface area contributed by atoms with Crippen LogP contribution in [0.1, 0.15) is 23.6 Å². The number of benzene rings is 3. The number of nitrogens with one attached hydrogen (secondary N) is 1. The van der Waals surface area contributed by atoms with Gasteiger partial charge in [-0.05, 0) is 34.9 Å². The number of hydrogen-bond donors (Lipinski definition) is 1. The van der Waals surface area contributed by atoms with Crippen LogP contribution in [0.15, 0.2) is 96.0 Å². The summed E-state index contributed by atoms with van der Waals surface area (Å²) in [5.74, 6) is -0.0901. The SMILES string of the molecule is CC(=O)Nc1ccc(/C=C2/SC(=S)N(/C=C(/c3ccccc3)[S@@](=O)Cc3ccccc3)C2=O)cc1. The van der Waals surface area contributed by atoms with Crippen molar-refractivity contribution in [3.8, 4) is 0 Å². The van der Waals surface area contributed by atoms with E-state index in [0.29, 0.717) is 25.6 Å². The molecule has 1 saturated heterocycles. The van der Waals surface area contributed by atoms with Gasteiger partial charge in [0.2, 0.25) is 5.91 Å². The first kappa shape index (κ1) is 24.8. The van der Waals surface area contributed by atoms with Crippen LogP contribution in [-0.2, 0) is 26.1 Å². The molecule has 1 heterocycles. The van der Waals surface area contributed by atoms with Gasteiger partial charge >= 0.3 is 0 Å². The van der Waals surface area contributed by atoms with Crippen LogP contribution in [0.25, 0.3) is 11.0 Å². The second-order valence-electron chi connectivity index (χ2n) is 7.69. The Morgan fingerprint density at radius 2 is 1.63 bits per heavy atom. The minimum absolute atomic E-state index is 0.149. The highest BCUT2D eigenvalue weighted by Crippen LogP contribution is 2.35. The van der Waals surface area contributed by atoms with Crippen molar-refractivity contribution in [1.82, 2.24) is 4.90 Å². The number of nitrogens with zero attached hydrogens (tertiary/aromatic N) is 1. The summed E-state index contributed by atoms with van der Waals surface area (Å²) in [6.07, 6.45) is 3.36. The number of carbonyl (C=O) groups excluding carboxylic acids is 2. The number of amides is 2. The topological polar surface area (TPSA) is 66.5 Å². The molecular weight excluding hydrogens is 497 g/mol. The van der Waals surface area contributed by atoms with Gasteiger partial charge in [0.05, 0.1) is 26.4 Å². The lowest BCUT2D eigenvalue weighted by molar-refractivity contribution is -0.120. The van der Waals surface area contributed by atoms with Gasteiger partial charge in [0.25, 0.3) is 5.91 Å². The molecule has 4 rings (SSSR count). The average Bonchev–Trinajstić information content (AvgIpc) is 3.11. The molecule has 1 atom stereocenters. The molecule has 0 bridgehead atoms. The molecule has 0 aliphatic carbocycles. The van der Waals surface area contributed by atoms with E-state index in [1.165, 1.54) is 23.6 Å². The van der Waals surface area contributed by atoms with E-state index < -0.39 is 10.8 Å². The van der Waals surface area contributed by atoms with Gasteiger partial charge in [0, 0.05) is 18.8 Å². The first-order valence-corrected chi connectivity index (χ1v) is 13.3. The molecule has 0 spiro atoms. The molecule has 1 N–H and O–H groups in total. The average molecular weight is 519 g/mol. The zero-order chi connectivity index (χ0) is 24.8. The fraction of sp³-hybridized carbons (Fsp3) is 0.0741. The van der Waals surface area contributed by atoms with E-state index >= 15 is 0 Å². The molecule has 176 valence electrons. The summed E-state index contributed by atoms with van der Waals surface area (Å²) < 4.78 is 13.8. The highest BCUT2D eigenvalue weighted by molar-refractivity contribution is 8.26. The molecular formula is C27H22N2O3S3. The third-order valence-electron chi connectivity index (χ3n) is 5.04. The van der Waals surface area contributed by atoms with E-state index in [-0.39, 0.29) is 11.8 Å². The maximum Gasteiger partial charge on any atom is 0.270 e. The lowest BCUT2D eigenvalue weighted by Gasteiger charge is -2.14. The molecule has 3 aromatic rings. The summed E-state index contributed by atoms with van der Waals surface area (Å²) >= 11 is 6.70. The van der Waals surface area contributed by atoms with Crippen LogP contribution in [0.3, 0.4) is 0 Å². The fourth-order valence-corrected chi connectivity index (χ4v) is 5.88. The van der Waals surface area contributed by atoms with Gasteiger partial charge in [-0.25, -0.2) is 0 Å². The smallest absolute Gasteiger partial charge is 0.270 e. The number of carbonyl (C=O) groups is 2. The van der Waals surface area contributed by atoms with Crippen molar-refractivity contribution in [2.75, 3.05) is 5.32 Å². The molecule has 3 aromatic carbocycles. The van der Waals surface area contributed by atoms with Gasteiger partial charge in [-0.1, -0.05) is 96.8 Å². The Morgan fingerprint density at radius 3 is 2.26 bits per heavy atom. The maximum absolute atomic E-state index is 13.4. The Labute approximate surface area is 216 Å². The van der Waals surface area contributed by atoms with E-state index in [1.807, 2.05) is 72.8 Å². The second-order valence-corrected chi connectivity index (χ2v) is 10.8. The summed E-state index contributed by atoms with van der Waals surface area (Å²) in [7, 11) is -1.40. The predicted octanol–water partition coefficient (Wildman–Crippen LogP) is 5.79. The van der Waals surface area contributed by atoms with E-state index in [0.717, 1.165) is 16.7 Å². The van der Waals surface area contributed by atoms with E-state index in [4.69, 9.17) is 12.2 Å². The minimum atomic E-state index is -1.40. The number of thioether (sulfide) groups is 1. The largest absolute Gasteiger partial charge is 0.326 e. The molecule has 5 nitrogen and oxygen atoms in total. The number of rotatable bonds is 7. The van der Waals surface area contributed by atoms with E-state index in [1.54, 1.807) is 24.4 Å². The van der Waals surface area contributed by atoms with Crippen LogP contribution >= 0.6 is 24.0 Å². The van der Waals surface area contributed by atoms with Crippen LogP contribution in [0, 0.1) is 0 Å². The van der Waals surface area contributed by atoms with Crippen molar-refractivity contribution in [2.45, 2.75) is 12.7 Å². The summed E-state index contributed by atoms with van der Waals surface area (Å²) in [4.78, 5) is 26.8. The first-order valence-electron chi connectivity index (χ1n) is 10.7. The van der Waals surface area contributed by atoms with Crippen LogP contribution in [0.2, 0.25) is 0 Å². The van der Waals surface area contributed by atoms with Gasteiger partial charge in [-0.2, -0.15) is 0 Å². The summed E-state index contributed by atoms with van der Waals surface area (Å²) in [6.45, 7) is 1.45. The Kier molecular flexibility index (Phi) is 8.07. The third-order valence-corrected chi connectivity index (χ3v) is 7.80. The molecule has 1 aliphatic heterocycles. The molecule has 0 radical (unpaired) electrons. The van der Waals surface area contributed by atoms with Gasteiger partial charge in [-0.15, -0.1) is 0 Å². The third kappa shape index (κ3) is 6.42. The predicted molar refractivity (Wildman–Crippen MR) is 148 cm³/mol. The standard InChI is InChI=1S/C27H22N2O3S3/c1-19(30)28-23-14-12-20(13-15-23)16-24-26(31)29(27(33)34-24)17-25(22-10-6-3-7-11-22)35(32)18-21-8-4-2-5-9-21/h2-17H,18H2,1H3,(H,28,30)/b24-16+,25-17-/t35-/m0/s1. The highest BCUT2D eigenvalue weighted by Gasteiger charge is 2.32. The van der Waals surface area contributed by atoms with E-state index in [9.17, 15) is 13.8 Å². The van der Waals surface area contributed by atoms with Gasteiger partial charge < -0.3 is 5.32 Å². The van der Waals surface area contributed by atoms with Crippen LogP contribution in [0.5, 0.6) is 0 Å². The Hall–Kier alpha value is -3.33. The van der Waals surface area contributed by atoms with Crippen molar-refractivity contribution < 1.29 is 13.8 Å². The summed E-state index contributed by atoms with van der Waals surface area (Å²) in [6, 6.07) is 26.2. The number of anilines is 1. The van der Waals surface area contributed by atoms with Crippen molar-refractivity contribution in [3.05, 3.63) is 113 Å². The molecule has 1 aliphatic rings. The number of hydrogen-bond acceptors (Lipinski definition) is 5. The Morgan fingerprint density at radius 1 is 1.00 bits per heavy atom. The monoisotopic (exact) mass is 518 g/mol. The Bertz CT molecular complexity index is 1340. The quantitative estimate of drug-likeness (QED) is 0.317. The molecule has 0 unspecified atom stereocenters. The van der Waals surface area contributed by atoms with Gasteiger partial charge in [0.1, 0.15) is 0 Å². The lowest BCUT2D eigenvalue weighted by Crippen LogP contribution is -2.22. The fourth-order valence-electron chi connectivity index (χ4n) is 3.40. The Balaban J connectivity index is 1.61. The molecule has 35 heavy (non-hydrogen) atoms. The second kappa shape index (κ2) is 11.4. The first-order chi connectivity index (χ1) is 16.9. The zero-order valence-corrected chi connectivity index (χ0v) is 21.3. The normalized spacial score (nSPS) is 16.0. The van der Waals surface area contributed by atoms with Crippen molar-refractivity contribution in [3.63, 3.8) is 0 Å². The molecule has 0 saturated carbocycles. The summed E-state index contributed by atoms with van der Waals surface area (Å²) in [5.41, 5.74) is 3.20. The molecule has 8 heteroatoms. The highest BCUT2D eigenvalue weighted by atomic mass is 32.2. The van der Waals surface area contributed by atoms with Crippen molar-refractivity contribution in [1.29, 1.82) is 0 Å². The van der Waals surface area contributed by atoms with Crippen molar-refractivity contribution >= 4 is 67.6 Å². The molecule has 1 fully saturated rings. The van der Waals surface area contributed by atoms with Crippen LogP contribution < -0.4 is 5.32 Å².